The molecule has 0 amide bonds. The molecule has 0 bridgehead atoms. The first kappa shape index (κ1) is 12.7. The molecule has 0 aliphatic carbocycles. The molecule has 0 saturated carbocycles. The summed E-state index contributed by atoms with van der Waals surface area (Å²) in [5.74, 6) is -1.01. The molecule has 0 atom stereocenters. The maximum Gasteiger partial charge on any atom is 0.337 e. The molecule has 2 nitrogen and oxygen atoms in total. The lowest BCUT2D eigenvalue weighted by molar-refractivity contribution is 0.0698. The Labute approximate surface area is 116 Å². The van der Waals surface area contributed by atoms with Crippen molar-refractivity contribution in [2.75, 3.05) is 0 Å². The zero-order valence-corrected chi connectivity index (χ0v) is 11.3. The van der Waals surface area contributed by atoms with Crippen molar-refractivity contribution in [3.8, 4) is 10.4 Å². The Morgan fingerprint density at radius 1 is 1.24 bits per heavy atom. The van der Waals surface area contributed by atoms with Crippen LogP contribution in [0.25, 0.3) is 10.4 Å². The molecule has 0 fully saturated rings. The van der Waals surface area contributed by atoms with E-state index in [1.807, 2.05) is 0 Å². The van der Waals surface area contributed by atoms with Crippen molar-refractivity contribution < 1.29 is 9.90 Å². The fraction of sp³-hybridized carbons (Fsp3) is 0. The van der Waals surface area contributed by atoms with Crippen LogP contribution >= 0.6 is 46.1 Å². The van der Waals surface area contributed by atoms with Gasteiger partial charge in [-0.05, 0) is 23.6 Å². The number of carboxylic acid groups (broad SMARTS) is 1. The predicted octanol–water partition coefficient (Wildman–Crippen LogP) is 5.07. The molecule has 17 heavy (non-hydrogen) atoms. The van der Waals surface area contributed by atoms with Crippen LogP contribution in [-0.4, -0.2) is 11.1 Å². The van der Waals surface area contributed by atoms with Gasteiger partial charge in [0, 0.05) is 10.6 Å². The molecule has 2 rings (SSSR count). The number of carbonyl (C=O) groups is 1. The molecule has 1 aromatic carbocycles. The summed E-state index contributed by atoms with van der Waals surface area (Å²) in [5, 5.41) is 11.8. The van der Waals surface area contributed by atoms with Gasteiger partial charge in [-0.3, -0.25) is 0 Å². The average Bonchev–Trinajstić information content (AvgIpc) is 2.72. The number of hydrogen-bond acceptors (Lipinski definition) is 2. The van der Waals surface area contributed by atoms with E-state index in [1.54, 1.807) is 11.4 Å². The highest BCUT2D eigenvalue weighted by Gasteiger charge is 2.17. The van der Waals surface area contributed by atoms with E-state index < -0.39 is 5.97 Å². The van der Waals surface area contributed by atoms with Gasteiger partial charge in [-0.25, -0.2) is 4.79 Å². The minimum absolute atomic E-state index is 0.190. The smallest absolute Gasteiger partial charge is 0.337 e. The van der Waals surface area contributed by atoms with Gasteiger partial charge in [0.05, 0.1) is 20.5 Å². The van der Waals surface area contributed by atoms with Crippen LogP contribution in [0.15, 0.2) is 23.6 Å². The molecular weight excluding hydrogens is 303 g/mol. The van der Waals surface area contributed by atoms with Crippen LogP contribution in [0, 0.1) is 0 Å². The lowest BCUT2D eigenvalue weighted by atomic mass is 10.1. The minimum atomic E-state index is -1.01. The van der Waals surface area contributed by atoms with E-state index in [2.05, 4.69) is 0 Å². The van der Waals surface area contributed by atoms with Crippen molar-refractivity contribution in [2.45, 2.75) is 0 Å². The molecular formula is C11H5Cl3O2S. The normalized spacial score (nSPS) is 10.5. The molecule has 0 spiro atoms. The number of aromatic carboxylic acids is 1. The Bertz CT molecular complexity index is 592. The van der Waals surface area contributed by atoms with Gasteiger partial charge in [-0.1, -0.05) is 34.8 Å². The van der Waals surface area contributed by atoms with Crippen LogP contribution in [0.4, 0.5) is 0 Å². The van der Waals surface area contributed by atoms with Crippen LogP contribution in [0.5, 0.6) is 0 Å². The van der Waals surface area contributed by atoms with Crippen LogP contribution in [-0.2, 0) is 0 Å². The average molecular weight is 308 g/mol. The first-order valence-corrected chi connectivity index (χ1v) is 6.47. The van der Waals surface area contributed by atoms with E-state index in [1.165, 1.54) is 23.5 Å². The fourth-order valence-corrected chi connectivity index (χ4v) is 3.07. The molecule has 1 N–H and O–H groups in total. The molecule has 0 aliphatic heterocycles. The molecule has 0 aliphatic rings. The summed E-state index contributed by atoms with van der Waals surface area (Å²) >= 11 is 19.1. The summed E-state index contributed by atoms with van der Waals surface area (Å²) in [6.45, 7) is 0. The third kappa shape index (κ3) is 2.43. The zero-order valence-electron chi connectivity index (χ0n) is 8.21. The van der Waals surface area contributed by atoms with Gasteiger partial charge in [0.2, 0.25) is 0 Å². The van der Waals surface area contributed by atoms with Crippen LogP contribution in [0.3, 0.4) is 0 Å². The Kier molecular flexibility index (Phi) is 3.64. The van der Waals surface area contributed by atoms with Crippen LogP contribution < -0.4 is 0 Å². The number of carboxylic acids is 1. The largest absolute Gasteiger partial charge is 0.478 e. The summed E-state index contributed by atoms with van der Waals surface area (Å²) in [7, 11) is 0. The second kappa shape index (κ2) is 4.86. The number of benzene rings is 1. The van der Waals surface area contributed by atoms with Crippen LogP contribution in [0.2, 0.25) is 15.1 Å². The first-order chi connectivity index (χ1) is 8.00. The van der Waals surface area contributed by atoms with E-state index in [4.69, 9.17) is 39.9 Å². The van der Waals surface area contributed by atoms with Crippen molar-refractivity contribution in [1.29, 1.82) is 0 Å². The molecule has 0 saturated heterocycles. The SMILES string of the molecule is O=C(O)c1ccsc1-c1cc(Cl)cc(Cl)c1Cl. The number of rotatable bonds is 2. The van der Waals surface area contributed by atoms with Crippen molar-refractivity contribution in [1.82, 2.24) is 0 Å². The van der Waals surface area contributed by atoms with E-state index >= 15 is 0 Å². The molecule has 1 aromatic heterocycles. The van der Waals surface area contributed by atoms with Gasteiger partial charge in [-0.15, -0.1) is 11.3 Å². The van der Waals surface area contributed by atoms with Gasteiger partial charge < -0.3 is 5.11 Å². The van der Waals surface area contributed by atoms with Crippen LogP contribution in [0.1, 0.15) is 10.4 Å². The number of halogens is 3. The lowest BCUT2D eigenvalue weighted by Crippen LogP contribution is -1.95. The Hall–Kier alpha value is -0.740. The summed E-state index contributed by atoms with van der Waals surface area (Å²) in [5.41, 5.74) is 0.729. The summed E-state index contributed by atoms with van der Waals surface area (Å²) in [6.07, 6.45) is 0. The summed E-state index contributed by atoms with van der Waals surface area (Å²) in [4.78, 5) is 11.6. The molecule has 6 heteroatoms. The summed E-state index contributed by atoms with van der Waals surface area (Å²) in [6, 6.07) is 4.64. The van der Waals surface area contributed by atoms with Gasteiger partial charge >= 0.3 is 5.97 Å². The standard InChI is InChI=1S/C11H5Cl3O2S/c12-5-3-7(9(14)8(13)4-5)10-6(11(15)16)1-2-17-10/h1-4H,(H,15,16). The molecule has 1 heterocycles. The van der Waals surface area contributed by atoms with E-state index in [0.29, 0.717) is 25.5 Å². The second-order valence-electron chi connectivity index (χ2n) is 3.22. The maximum absolute atomic E-state index is 11.0. The lowest BCUT2D eigenvalue weighted by Gasteiger charge is -2.06. The third-order valence-corrected chi connectivity index (χ3v) is 4.10. The quantitative estimate of drug-likeness (QED) is 0.786. The van der Waals surface area contributed by atoms with Gasteiger partial charge in [0.1, 0.15) is 0 Å². The second-order valence-corrected chi connectivity index (χ2v) is 5.36. The molecule has 88 valence electrons. The minimum Gasteiger partial charge on any atom is -0.478 e. The molecule has 0 unspecified atom stereocenters. The van der Waals surface area contributed by atoms with Gasteiger partial charge in [-0.2, -0.15) is 0 Å². The maximum atomic E-state index is 11.0. The van der Waals surface area contributed by atoms with Crippen molar-refractivity contribution in [2.24, 2.45) is 0 Å². The highest BCUT2D eigenvalue weighted by molar-refractivity contribution is 7.14. The Morgan fingerprint density at radius 2 is 1.94 bits per heavy atom. The van der Waals surface area contributed by atoms with Crippen molar-refractivity contribution >= 4 is 52.1 Å². The molecule has 0 radical (unpaired) electrons. The number of hydrogen-bond donors (Lipinski definition) is 1. The van der Waals surface area contributed by atoms with Gasteiger partial charge in [0.25, 0.3) is 0 Å². The van der Waals surface area contributed by atoms with Gasteiger partial charge in [0.15, 0.2) is 0 Å². The summed E-state index contributed by atoms with van der Waals surface area (Å²) < 4.78 is 0. The number of thiophene rings is 1. The first-order valence-electron chi connectivity index (χ1n) is 4.46. The van der Waals surface area contributed by atoms with E-state index in [0.717, 1.165) is 0 Å². The zero-order chi connectivity index (χ0) is 12.6. The highest BCUT2D eigenvalue weighted by atomic mass is 35.5. The fourth-order valence-electron chi connectivity index (χ4n) is 1.41. The third-order valence-electron chi connectivity index (χ3n) is 2.13. The van der Waals surface area contributed by atoms with E-state index in [9.17, 15) is 4.79 Å². The van der Waals surface area contributed by atoms with Crippen molar-refractivity contribution in [3.63, 3.8) is 0 Å². The monoisotopic (exact) mass is 306 g/mol. The highest BCUT2D eigenvalue weighted by Crippen LogP contribution is 2.40. The topological polar surface area (TPSA) is 37.3 Å². The molecule has 2 aromatic rings. The van der Waals surface area contributed by atoms with Crippen molar-refractivity contribution in [3.05, 3.63) is 44.2 Å². The Morgan fingerprint density at radius 3 is 2.59 bits per heavy atom. The predicted molar refractivity (Wildman–Crippen MR) is 71.7 cm³/mol. The Balaban J connectivity index is 2.68. The van der Waals surface area contributed by atoms with E-state index in [-0.39, 0.29) is 5.56 Å².